The molecule has 126 valence electrons. The highest BCUT2D eigenvalue weighted by Gasteiger charge is 2.26. The van der Waals surface area contributed by atoms with Gasteiger partial charge in [0.05, 0.1) is 11.6 Å². The third-order valence-corrected chi connectivity index (χ3v) is 4.27. The van der Waals surface area contributed by atoms with Crippen molar-refractivity contribution in [2.45, 2.75) is 32.7 Å². The van der Waals surface area contributed by atoms with E-state index in [-0.39, 0.29) is 17.9 Å². The summed E-state index contributed by atoms with van der Waals surface area (Å²) in [5, 5.41) is 11.7. The Morgan fingerprint density at radius 2 is 1.96 bits per heavy atom. The number of nitrogens with one attached hydrogen (secondary N) is 1. The molecule has 5 heteroatoms. The second-order valence-electron chi connectivity index (χ2n) is 6.59. The quantitative estimate of drug-likeness (QED) is 0.939. The van der Waals surface area contributed by atoms with Gasteiger partial charge in [-0.1, -0.05) is 30.3 Å². The van der Waals surface area contributed by atoms with Crippen LogP contribution in [0.15, 0.2) is 42.5 Å². The van der Waals surface area contributed by atoms with Crippen molar-refractivity contribution in [3.8, 4) is 11.3 Å². The first kappa shape index (κ1) is 16.4. The summed E-state index contributed by atoms with van der Waals surface area (Å²) in [6.45, 7) is 5.61. The number of carbonyl (C=O) groups excluding carboxylic acids is 1. The Kier molecular flexibility index (Phi) is 5.08. The fraction of sp³-hybridized carbons (Fsp3) is 0.421. The molecule has 2 heterocycles. The number of hydrogen-bond acceptors (Lipinski definition) is 4. The Bertz CT molecular complexity index is 670. The molecule has 1 aromatic carbocycles. The summed E-state index contributed by atoms with van der Waals surface area (Å²) < 4.78 is 0. The molecule has 1 N–H and O–H groups in total. The Hall–Kier alpha value is -2.43. The van der Waals surface area contributed by atoms with Crippen LogP contribution in [0.4, 0.5) is 5.82 Å². The normalized spacial score (nSPS) is 17.8. The third kappa shape index (κ3) is 3.91. The molecule has 1 amide bonds. The predicted molar refractivity (Wildman–Crippen MR) is 95.7 cm³/mol. The van der Waals surface area contributed by atoms with Gasteiger partial charge in [-0.25, -0.2) is 0 Å². The molecule has 5 nitrogen and oxygen atoms in total. The van der Waals surface area contributed by atoms with E-state index < -0.39 is 0 Å². The molecule has 0 saturated carbocycles. The van der Waals surface area contributed by atoms with Crippen LogP contribution in [-0.2, 0) is 4.79 Å². The monoisotopic (exact) mass is 324 g/mol. The predicted octanol–water partition coefficient (Wildman–Crippen LogP) is 2.88. The van der Waals surface area contributed by atoms with Gasteiger partial charge in [0.1, 0.15) is 0 Å². The second-order valence-corrected chi connectivity index (χ2v) is 6.59. The van der Waals surface area contributed by atoms with Gasteiger partial charge < -0.3 is 10.2 Å². The van der Waals surface area contributed by atoms with Crippen molar-refractivity contribution in [2.24, 2.45) is 5.92 Å². The SMILES string of the molecule is CC(C)NC(=O)C1CCCN(c2ccc(-c3ccccc3)nn2)C1. The van der Waals surface area contributed by atoms with Crippen LogP contribution in [0.25, 0.3) is 11.3 Å². The number of piperidine rings is 1. The molecule has 0 spiro atoms. The summed E-state index contributed by atoms with van der Waals surface area (Å²) in [5.41, 5.74) is 1.93. The highest BCUT2D eigenvalue weighted by atomic mass is 16.2. The van der Waals surface area contributed by atoms with E-state index in [2.05, 4.69) is 20.4 Å². The maximum atomic E-state index is 12.3. The van der Waals surface area contributed by atoms with Crippen molar-refractivity contribution in [1.82, 2.24) is 15.5 Å². The lowest BCUT2D eigenvalue weighted by Gasteiger charge is -2.32. The average molecular weight is 324 g/mol. The summed E-state index contributed by atoms with van der Waals surface area (Å²) in [4.78, 5) is 14.4. The van der Waals surface area contributed by atoms with E-state index in [4.69, 9.17) is 0 Å². The topological polar surface area (TPSA) is 58.1 Å². The standard InChI is InChI=1S/C19H24N4O/c1-14(2)20-19(24)16-9-6-12-23(13-16)18-11-10-17(21-22-18)15-7-4-3-5-8-15/h3-5,7-8,10-11,14,16H,6,9,12-13H2,1-2H3,(H,20,24). The molecule has 1 saturated heterocycles. The van der Waals surface area contributed by atoms with E-state index in [9.17, 15) is 4.79 Å². The highest BCUT2D eigenvalue weighted by Crippen LogP contribution is 2.23. The van der Waals surface area contributed by atoms with Gasteiger partial charge in [0.25, 0.3) is 0 Å². The van der Waals surface area contributed by atoms with Crippen molar-refractivity contribution in [3.05, 3.63) is 42.5 Å². The van der Waals surface area contributed by atoms with Gasteiger partial charge in [-0.15, -0.1) is 10.2 Å². The van der Waals surface area contributed by atoms with Crippen LogP contribution in [0.2, 0.25) is 0 Å². The van der Waals surface area contributed by atoms with Gasteiger partial charge in [-0.05, 0) is 38.8 Å². The van der Waals surface area contributed by atoms with Crippen LogP contribution in [0.3, 0.4) is 0 Å². The van der Waals surface area contributed by atoms with E-state index in [0.29, 0.717) is 6.54 Å². The summed E-state index contributed by atoms with van der Waals surface area (Å²) in [6.07, 6.45) is 1.93. The molecule has 1 fully saturated rings. The fourth-order valence-corrected chi connectivity index (χ4v) is 3.06. The molecular formula is C19H24N4O. The number of amides is 1. The number of hydrogen-bond donors (Lipinski definition) is 1. The molecular weight excluding hydrogens is 300 g/mol. The lowest BCUT2D eigenvalue weighted by atomic mass is 9.97. The van der Waals surface area contributed by atoms with Crippen LogP contribution in [0.5, 0.6) is 0 Å². The smallest absolute Gasteiger partial charge is 0.225 e. The van der Waals surface area contributed by atoms with Gasteiger partial charge in [-0.3, -0.25) is 4.79 Å². The average Bonchev–Trinajstić information content (AvgIpc) is 2.62. The zero-order valence-corrected chi connectivity index (χ0v) is 14.3. The number of anilines is 1. The largest absolute Gasteiger partial charge is 0.354 e. The fourth-order valence-electron chi connectivity index (χ4n) is 3.06. The number of benzene rings is 1. The maximum Gasteiger partial charge on any atom is 0.225 e. The van der Waals surface area contributed by atoms with Crippen molar-refractivity contribution < 1.29 is 4.79 Å². The van der Waals surface area contributed by atoms with Crippen LogP contribution >= 0.6 is 0 Å². The van der Waals surface area contributed by atoms with Gasteiger partial charge in [0.15, 0.2) is 5.82 Å². The zero-order chi connectivity index (χ0) is 16.9. The Balaban J connectivity index is 1.69. The Morgan fingerprint density at radius 1 is 1.17 bits per heavy atom. The maximum absolute atomic E-state index is 12.3. The van der Waals surface area contributed by atoms with E-state index in [0.717, 1.165) is 36.5 Å². The molecule has 3 rings (SSSR count). The molecule has 1 aliphatic heterocycles. The summed E-state index contributed by atoms with van der Waals surface area (Å²) in [5.74, 6) is 1.01. The van der Waals surface area contributed by atoms with E-state index in [1.165, 1.54) is 0 Å². The highest BCUT2D eigenvalue weighted by molar-refractivity contribution is 5.79. The minimum absolute atomic E-state index is 0.0248. The van der Waals surface area contributed by atoms with Crippen molar-refractivity contribution in [2.75, 3.05) is 18.0 Å². The molecule has 0 aliphatic carbocycles. The third-order valence-electron chi connectivity index (χ3n) is 4.27. The first-order valence-corrected chi connectivity index (χ1v) is 8.58. The van der Waals surface area contributed by atoms with Crippen LogP contribution in [0.1, 0.15) is 26.7 Å². The lowest BCUT2D eigenvalue weighted by molar-refractivity contribution is -0.125. The second kappa shape index (κ2) is 7.43. The molecule has 0 bridgehead atoms. The first-order valence-electron chi connectivity index (χ1n) is 8.58. The lowest BCUT2D eigenvalue weighted by Crippen LogP contribution is -2.45. The number of aromatic nitrogens is 2. The minimum Gasteiger partial charge on any atom is -0.354 e. The van der Waals surface area contributed by atoms with Gasteiger partial charge >= 0.3 is 0 Å². The summed E-state index contributed by atoms with van der Waals surface area (Å²) in [7, 11) is 0. The summed E-state index contributed by atoms with van der Waals surface area (Å²) >= 11 is 0. The molecule has 1 unspecified atom stereocenters. The van der Waals surface area contributed by atoms with E-state index in [1.807, 2.05) is 56.3 Å². The van der Waals surface area contributed by atoms with Crippen LogP contribution < -0.4 is 10.2 Å². The van der Waals surface area contributed by atoms with Crippen molar-refractivity contribution in [3.63, 3.8) is 0 Å². The molecule has 2 aromatic rings. The first-order chi connectivity index (χ1) is 11.6. The number of rotatable bonds is 4. The Labute approximate surface area is 143 Å². The van der Waals surface area contributed by atoms with Gasteiger partial charge in [0, 0.05) is 24.7 Å². The minimum atomic E-state index is 0.0248. The summed E-state index contributed by atoms with van der Waals surface area (Å²) in [6, 6.07) is 14.2. The van der Waals surface area contributed by atoms with Gasteiger partial charge in [0.2, 0.25) is 5.91 Å². The van der Waals surface area contributed by atoms with Gasteiger partial charge in [-0.2, -0.15) is 0 Å². The van der Waals surface area contributed by atoms with E-state index >= 15 is 0 Å². The van der Waals surface area contributed by atoms with Crippen LogP contribution in [0, 0.1) is 5.92 Å². The van der Waals surface area contributed by atoms with E-state index in [1.54, 1.807) is 0 Å². The Morgan fingerprint density at radius 3 is 2.62 bits per heavy atom. The molecule has 1 aromatic heterocycles. The number of carbonyl (C=O) groups is 1. The molecule has 24 heavy (non-hydrogen) atoms. The van der Waals surface area contributed by atoms with Crippen LogP contribution in [-0.4, -0.2) is 35.2 Å². The van der Waals surface area contributed by atoms with Crippen molar-refractivity contribution >= 4 is 11.7 Å². The number of nitrogens with zero attached hydrogens (tertiary/aromatic N) is 3. The van der Waals surface area contributed by atoms with Crippen molar-refractivity contribution in [1.29, 1.82) is 0 Å². The zero-order valence-electron chi connectivity index (χ0n) is 14.3. The molecule has 1 atom stereocenters. The molecule has 1 aliphatic rings. The molecule has 0 radical (unpaired) electrons.